The topological polar surface area (TPSA) is 52.6 Å². The first-order valence-corrected chi connectivity index (χ1v) is 5.61. The molecule has 0 aliphatic carbocycles. The van der Waals surface area contributed by atoms with Gasteiger partial charge in [0.15, 0.2) is 0 Å². The number of hydrogen-bond acceptors (Lipinski definition) is 2. The van der Waals surface area contributed by atoms with Gasteiger partial charge in [-0.25, -0.2) is 4.79 Å². The molecule has 0 spiro atoms. The monoisotopic (exact) mass is 220 g/mol. The van der Waals surface area contributed by atoms with Gasteiger partial charge < -0.3 is 10.0 Å². The summed E-state index contributed by atoms with van der Waals surface area (Å²) < 4.78 is 0. The second-order valence-electron chi connectivity index (χ2n) is 4.00. The zero-order chi connectivity index (χ0) is 11.4. The Hall–Kier alpha value is -1.71. The fourth-order valence-corrected chi connectivity index (χ4v) is 2.11. The molecule has 4 nitrogen and oxygen atoms in total. The van der Waals surface area contributed by atoms with Crippen molar-refractivity contribution in [1.29, 1.82) is 0 Å². The molecule has 16 heavy (non-hydrogen) atoms. The Bertz CT molecular complexity index is 373. The number of rotatable bonds is 2. The maximum absolute atomic E-state index is 10.7. The second-order valence-corrected chi connectivity index (χ2v) is 4.00. The molecule has 0 saturated carbocycles. The highest BCUT2D eigenvalue weighted by molar-refractivity contribution is 5.88. The summed E-state index contributed by atoms with van der Waals surface area (Å²) >= 11 is 0. The molecule has 1 aromatic carbocycles. The van der Waals surface area contributed by atoms with Crippen LogP contribution in [0, 0.1) is 0 Å². The Kier molecular flexibility index (Phi) is 3.29. The minimum atomic E-state index is -1.01. The Morgan fingerprint density at radius 2 is 1.88 bits per heavy atom. The lowest BCUT2D eigenvalue weighted by atomic mass is 10.1. The maximum atomic E-state index is 10.7. The van der Waals surface area contributed by atoms with Crippen molar-refractivity contribution in [1.82, 2.24) is 0 Å². The van der Waals surface area contributed by atoms with E-state index >= 15 is 0 Å². The van der Waals surface area contributed by atoms with Gasteiger partial charge in [0.25, 0.3) is 0 Å². The summed E-state index contributed by atoms with van der Waals surface area (Å²) in [4.78, 5) is 12.9. The van der Waals surface area contributed by atoms with Crippen molar-refractivity contribution in [2.45, 2.75) is 19.3 Å². The third-order valence-corrected chi connectivity index (χ3v) is 2.84. The van der Waals surface area contributed by atoms with Crippen molar-refractivity contribution in [2.75, 3.05) is 23.3 Å². The number of nitrogens with one attached hydrogen (secondary N) is 1. The lowest BCUT2D eigenvalue weighted by molar-refractivity contribution is 0.210. The molecule has 0 unspecified atom stereocenters. The zero-order valence-corrected chi connectivity index (χ0v) is 9.15. The summed E-state index contributed by atoms with van der Waals surface area (Å²) in [5.41, 5.74) is 1.67. The minimum Gasteiger partial charge on any atom is -0.465 e. The highest BCUT2D eigenvalue weighted by Crippen LogP contribution is 2.27. The number of carbonyl (C=O) groups is 1. The Labute approximate surface area is 94.9 Å². The summed E-state index contributed by atoms with van der Waals surface area (Å²) in [7, 11) is 0. The van der Waals surface area contributed by atoms with Crippen LogP contribution < -0.4 is 10.2 Å². The molecule has 1 aromatic rings. The molecular weight excluding hydrogens is 204 g/mol. The molecule has 2 rings (SSSR count). The van der Waals surface area contributed by atoms with E-state index in [0.29, 0.717) is 5.69 Å². The standard InChI is InChI=1S/C12H16N2O2/c15-12(16)13-10-6-2-3-7-11(10)14-8-4-1-5-9-14/h2-3,6-7,13H,1,4-5,8-9H2,(H,15,16). The van der Waals surface area contributed by atoms with E-state index in [9.17, 15) is 4.79 Å². The van der Waals surface area contributed by atoms with E-state index in [-0.39, 0.29) is 0 Å². The molecular formula is C12H16N2O2. The average Bonchev–Trinajstić information content (AvgIpc) is 2.30. The molecule has 1 amide bonds. The third-order valence-electron chi connectivity index (χ3n) is 2.84. The number of carboxylic acid groups (broad SMARTS) is 1. The van der Waals surface area contributed by atoms with Gasteiger partial charge in [-0.05, 0) is 31.4 Å². The van der Waals surface area contributed by atoms with Crippen LogP contribution in [0.4, 0.5) is 16.2 Å². The van der Waals surface area contributed by atoms with E-state index in [1.54, 1.807) is 6.07 Å². The van der Waals surface area contributed by atoms with E-state index in [2.05, 4.69) is 10.2 Å². The van der Waals surface area contributed by atoms with E-state index in [1.165, 1.54) is 19.3 Å². The van der Waals surface area contributed by atoms with Crippen LogP contribution in [0.25, 0.3) is 0 Å². The normalized spacial score (nSPS) is 15.9. The van der Waals surface area contributed by atoms with Gasteiger partial charge in [0.2, 0.25) is 0 Å². The van der Waals surface area contributed by atoms with Gasteiger partial charge in [0, 0.05) is 13.1 Å². The Morgan fingerprint density at radius 1 is 1.19 bits per heavy atom. The highest BCUT2D eigenvalue weighted by atomic mass is 16.4. The number of anilines is 2. The molecule has 0 radical (unpaired) electrons. The van der Waals surface area contributed by atoms with Crippen LogP contribution in [0.1, 0.15) is 19.3 Å². The van der Waals surface area contributed by atoms with Gasteiger partial charge in [0.1, 0.15) is 0 Å². The molecule has 1 aliphatic rings. The van der Waals surface area contributed by atoms with E-state index < -0.39 is 6.09 Å². The van der Waals surface area contributed by atoms with Crippen LogP contribution >= 0.6 is 0 Å². The van der Waals surface area contributed by atoms with E-state index in [4.69, 9.17) is 5.11 Å². The maximum Gasteiger partial charge on any atom is 0.409 e. The summed E-state index contributed by atoms with van der Waals surface area (Å²) in [5.74, 6) is 0. The number of benzene rings is 1. The molecule has 4 heteroatoms. The number of amides is 1. The fourth-order valence-electron chi connectivity index (χ4n) is 2.11. The third kappa shape index (κ3) is 2.45. The van der Waals surface area contributed by atoms with Gasteiger partial charge in [-0.15, -0.1) is 0 Å². The molecule has 0 atom stereocenters. The van der Waals surface area contributed by atoms with E-state index in [1.807, 2.05) is 18.2 Å². The molecule has 0 aromatic heterocycles. The molecule has 86 valence electrons. The number of para-hydroxylation sites is 2. The smallest absolute Gasteiger partial charge is 0.409 e. The molecule has 1 heterocycles. The summed E-state index contributed by atoms with van der Waals surface area (Å²) in [6.45, 7) is 2.02. The van der Waals surface area contributed by atoms with Gasteiger partial charge in [-0.3, -0.25) is 5.32 Å². The molecule has 2 N–H and O–H groups in total. The average molecular weight is 220 g/mol. The number of hydrogen-bond donors (Lipinski definition) is 2. The van der Waals surface area contributed by atoms with Crippen molar-refractivity contribution >= 4 is 17.5 Å². The fraction of sp³-hybridized carbons (Fsp3) is 0.417. The highest BCUT2D eigenvalue weighted by Gasteiger charge is 2.14. The molecule has 0 bridgehead atoms. The first kappa shape index (κ1) is 10.8. The van der Waals surface area contributed by atoms with Crippen LogP contribution in [0.5, 0.6) is 0 Å². The summed E-state index contributed by atoms with van der Waals surface area (Å²) in [6.07, 6.45) is 2.62. The van der Waals surface area contributed by atoms with Crippen molar-refractivity contribution in [3.8, 4) is 0 Å². The van der Waals surface area contributed by atoms with Crippen LogP contribution in [-0.2, 0) is 0 Å². The predicted molar refractivity (Wildman–Crippen MR) is 64.2 cm³/mol. The summed E-state index contributed by atoms with van der Waals surface area (Å²) in [5, 5.41) is 11.2. The largest absolute Gasteiger partial charge is 0.465 e. The van der Waals surface area contributed by atoms with Gasteiger partial charge in [0.05, 0.1) is 11.4 Å². The second kappa shape index (κ2) is 4.88. The Morgan fingerprint density at radius 3 is 2.56 bits per heavy atom. The Balaban J connectivity index is 2.20. The summed E-state index contributed by atoms with van der Waals surface area (Å²) in [6, 6.07) is 7.56. The van der Waals surface area contributed by atoms with Crippen LogP contribution in [0.3, 0.4) is 0 Å². The van der Waals surface area contributed by atoms with Gasteiger partial charge in [-0.1, -0.05) is 12.1 Å². The lowest BCUT2D eigenvalue weighted by Crippen LogP contribution is -2.30. The first-order valence-electron chi connectivity index (χ1n) is 5.61. The quantitative estimate of drug-likeness (QED) is 0.805. The SMILES string of the molecule is O=C(O)Nc1ccccc1N1CCCCC1. The molecule has 1 fully saturated rings. The van der Waals surface area contributed by atoms with Crippen molar-refractivity contribution < 1.29 is 9.90 Å². The first-order chi connectivity index (χ1) is 7.77. The van der Waals surface area contributed by atoms with Crippen molar-refractivity contribution in [3.63, 3.8) is 0 Å². The lowest BCUT2D eigenvalue weighted by Gasteiger charge is -2.30. The zero-order valence-electron chi connectivity index (χ0n) is 9.15. The van der Waals surface area contributed by atoms with Gasteiger partial charge in [-0.2, -0.15) is 0 Å². The van der Waals surface area contributed by atoms with Crippen LogP contribution in [0.2, 0.25) is 0 Å². The minimum absolute atomic E-state index is 0.678. The van der Waals surface area contributed by atoms with Crippen LogP contribution in [-0.4, -0.2) is 24.3 Å². The predicted octanol–water partition coefficient (Wildman–Crippen LogP) is 2.77. The molecule has 1 saturated heterocycles. The van der Waals surface area contributed by atoms with Gasteiger partial charge >= 0.3 is 6.09 Å². The molecule has 1 aliphatic heterocycles. The van der Waals surface area contributed by atoms with Crippen LogP contribution in [0.15, 0.2) is 24.3 Å². The number of piperidine rings is 1. The van der Waals surface area contributed by atoms with Crippen molar-refractivity contribution in [3.05, 3.63) is 24.3 Å². The van der Waals surface area contributed by atoms with E-state index in [0.717, 1.165) is 18.8 Å². The number of nitrogens with zero attached hydrogens (tertiary/aromatic N) is 1. The van der Waals surface area contributed by atoms with Crippen molar-refractivity contribution in [2.24, 2.45) is 0 Å².